The van der Waals surface area contributed by atoms with Crippen LogP contribution in [-0.4, -0.2) is 48.0 Å². The molecular formula is C27H23ClFN7O. The molecule has 5 aromatic rings. The quantitative estimate of drug-likeness (QED) is 0.379. The highest BCUT2D eigenvalue weighted by Crippen LogP contribution is 2.31. The van der Waals surface area contributed by atoms with Crippen LogP contribution in [0.25, 0.3) is 22.5 Å². The molecule has 2 aromatic carbocycles. The van der Waals surface area contributed by atoms with Crippen LogP contribution >= 0.6 is 11.6 Å². The van der Waals surface area contributed by atoms with Crippen molar-refractivity contribution in [2.75, 3.05) is 18.4 Å². The minimum atomic E-state index is -0.623. The van der Waals surface area contributed by atoms with Crippen molar-refractivity contribution in [3.05, 3.63) is 87.3 Å². The van der Waals surface area contributed by atoms with Gasteiger partial charge in [0.05, 0.1) is 5.02 Å². The van der Waals surface area contributed by atoms with E-state index < -0.39 is 11.4 Å². The molecule has 1 saturated heterocycles. The molecule has 0 radical (unpaired) electrons. The summed E-state index contributed by atoms with van der Waals surface area (Å²) in [5, 5.41) is 3.62. The fourth-order valence-electron chi connectivity index (χ4n) is 5.68. The minimum absolute atomic E-state index is 0.0557. The molecule has 186 valence electrons. The first-order chi connectivity index (χ1) is 18.1. The van der Waals surface area contributed by atoms with Gasteiger partial charge in [-0.25, -0.2) is 18.9 Å². The van der Waals surface area contributed by atoms with Crippen molar-refractivity contribution in [2.24, 2.45) is 0 Å². The molecule has 2 aliphatic rings. The Morgan fingerprint density at radius 1 is 1.05 bits per heavy atom. The zero-order chi connectivity index (χ0) is 25.1. The second-order valence-electron chi connectivity index (χ2n) is 9.65. The molecule has 0 spiro atoms. The van der Waals surface area contributed by atoms with Gasteiger partial charge in [-0.3, -0.25) is 14.1 Å². The van der Waals surface area contributed by atoms with Gasteiger partial charge in [0.25, 0.3) is 5.56 Å². The molecule has 1 atom stereocenters. The maximum atomic E-state index is 14.7. The standard InChI is InChI=1S/C27H23ClFN7O/c28-21-4-3-5-22(29)23(21)36-25(37)20-15-31-26(33-24(20)35-11-8-30-27(35)36)32-18-7-6-16-13-19(14-17(16)12-18)34-9-1-2-10-34/h3-8,11-12,15,19H,1-2,9-10,13-14H2,(H,31,32,33). The second kappa shape index (κ2) is 8.64. The zero-order valence-electron chi connectivity index (χ0n) is 19.9. The predicted octanol–water partition coefficient (Wildman–Crippen LogP) is 4.53. The van der Waals surface area contributed by atoms with Crippen molar-refractivity contribution in [2.45, 2.75) is 31.7 Å². The van der Waals surface area contributed by atoms with E-state index in [4.69, 9.17) is 11.6 Å². The lowest BCUT2D eigenvalue weighted by Crippen LogP contribution is -2.33. The number of aromatic nitrogens is 5. The van der Waals surface area contributed by atoms with Gasteiger partial charge in [0, 0.05) is 30.3 Å². The highest BCUT2D eigenvalue weighted by atomic mass is 35.5. The van der Waals surface area contributed by atoms with Crippen molar-refractivity contribution in [3.63, 3.8) is 0 Å². The number of likely N-dealkylation sites (tertiary alicyclic amines) is 1. The van der Waals surface area contributed by atoms with Crippen LogP contribution in [0.15, 0.2) is 59.8 Å². The molecule has 1 fully saturated rings. The highest BCUT2D eigenvalue weighted by Gasteiger charge is 2.28. The van der Waals surface area contributed by atoms with Gasteiger partial charge in [-0.1, -0.05) is 23.7 Å². The number of imidazole rings is 1. The van der Waals surface area contributed by atoms with Crippen LogP contribution in [0.3, 0.4) is 0 Å². The number of hydrogen-bond donors (Lipinski definition) is 1. The number of hydrogen-bond acceptors (Lipinski definition) is 6. The van der Waals surface area contributed by atoms with E-state index in [1.54, 1.807) is 10.6 Å². The molecule has 3 aromatic heterocycles. The number of rotatable bonds is 4. The Balaban J connectivity index is 1.26. The van der Waals surface area contributed by atoms with Crippen LogP contribution in [0.4, 0.5) is 16.0 Å². The number of fused-ring (bicyclic) bond motifs is 4. The summed E-state index contributed by atoms with van der Waals surface area (Å²) in [5.41, 5.74) is 3.46. The Kier molecular flexibility index (Phi) is 5.23. The van der Waals surface area contributed by atoms with E-state index in [-0.39, 0.29) is 21.9 Å². The maximum Gasteiger partial charge on any atom is 0.270 e. The van der Waals surface area contributed by atoms with E-state index in [2.05, 4.69) is 37.3 Å². The SMILES string of the molecule is O=c1c2cnc(Nc3ccc4c(c3)CC(N3CCCC3)C4)nc2n2ccnc2n1-c1c(F)cccc1Cl. The predicted molar refractivity (Wildman–Crippen MR) is 141 cm³/mol. The van der Waals surface area contributed by atoms with Crippen molar-refractivity contribution in [3.8, 4) is 5.69 Å². The molecule has 1 aliphatic heterocycles. The highest BCUT2D eigenvalue weighted by molar-refractivity contribution is 6.32. The summed E-state index contributed by atoms with van der Waals surface area (Å²) in [6.07, 6.45) is 9.40. The Morgan fingerprint density at radius 3 is 2.73 bits per heavy atom. The molecule has 4 heterocycles. The lowest BCUT2D eigenvalue weighted by Gasteiger charge is -2.22. The van der Waals surface area contributed by atoms with Gasteiger partial charge in [-0.15, -0.1) is 0 Å². The van der Waals surface area contributed by atoms with E-state index in [9.17, 15) is 9.18 Å². The van der Waals surface area contributed by atoms with E-state index in [0.717, 1.165) is 23.1 Å². The zero-order valence-corrected chi connectivity index (χ0v) is 20.6. The third kappa shape index (κ3) is 3.69. The second-order valence-corrected chi connectivity index (χ2v) is 10.1. The first kappa shape index (κ1) is 22.4. The molecule has 1 N–H and O–H groups in total. The van der Waals surface area contributed by atoms with Crippen LogP contribution in [-0.2, 0) is 12.8 Å². The Morgan fingerprint density at radius 2 is 1.89 bits per heavy atom. The third-order valence-corrected chi connectivity index (χ3v) is 7.75. The summed E-state index contributed by atoms with van der Waals surface area (Å²) in [7, 11) is 0. The number of nitrogens with zero attached hydrogens (tertiary/aromatic N) is 6. The number of para-hydroxylation sites is 1. The monoisotopic (exact) mass is 515 g/mol. The van der Waals surface area contributed by atoms with Gasteiger partial charge in [-0.2, -0.15) is 4.98 Å². The maximum absolute atomic E-state index is 14.7. The van der Waals surface area contributed by atoms with Crippen molar-refractivity contribution < 1.29 is 4.39 Å². The Hall–Kier alpha value is -3.82. The van der Waals surface area contributed by atoms with E-state index >= 15 is 0 Å². The average Bonchev–Trinajstić information content (AvgIpc) is 3.66. The number of nitrogens with one attached hydrogen (secondary N) is 1. The molecule has 0 bridgehead atoms. The molecule has 0 saturated carbocycles. The summed E-state index contributed by atoms with van der Waals surface area (Å²) in [6, 6.07) is 11.3. The molecule has 1 unspecified atom stereocenters. The Bertz CT molecular complexity index is 1720. The molecule has 8 nitrogen and oxygen atoms in total. The topological polar surface area (TPSA) is 80.3 Å². The van der Waals surface area contributed by atoms with Gasteiger partial charge < -0.3 is 5.32 Å². The van der Waals surface area contributed by atoms with Gasteiger partial charge in [-0.05, 0) is 74.2 Å². The third-order valence-electron chi connectivity index (χ3n) is 7.44. The first-order valence-corrected chi connectivity index (χ1v) is 12.8. The van der Waals surface area contributed by atoms with E-state index in [0.29, 0.717) is 17.6 Å². The van der Waals surface area contributed by atoms with Crippen LogP contribution < -0.4 is 10.9 Å². The van der Waals surface area contributed by atoms with Crippen molar-refractivity contribution in [1.82, 2.24) is 28.8 Å². The molecule has 10 heteroatoms. The molecule has 1 aliphatic carbocycles. The summed E-state index contributed by atoms with van der Waals surface area (Å²) in [6.45, 7) is 2.39. The fraction of sp³-hybridized carbons (Fsp3) is 0.259. The van der Waals surface area contributed by atoms with E-state index in [1.807, 2.05) is 6.07 Å². The van der Waals surface area contributed by atoms with Gasteiger partial charge in [0.15, 0.2) is 5.65 Å². The lowest BCUT2D eigenvalue weighted by molar-refractivity contribution is 0.250. The number of anilines is 2. The smallest absolute Gasteiger partial charge is 0.270 e. The van der Waals surface area contributed by atoms with Crippen LogP contribution in [0.1, 0.15) is 24.0 Å². The fourth-order valence-corrected chi connectivity index (χ4v) is 5.92. The van der Waals surface area contributed by atoms with Crippen LogP contribution in [0.5, 0.6) is 0 Å². The van der Waals surface area contributed by atoms with Crippen LogP contribution in [0.2, 0.25) is 5.02 Å². The van der Waals surface area contributed by atoms with Crippen molar-refractivity contribution in [1.29, 1.82) is 0 Å². The van der Waals surface area contributed by atoms with Crippen LogP contribution in [0, 0.1) is 5.82 Å². The van der Waals surface area contributed by atoms with Crippen molar-refractivity contribution >= 4 is 40.0 Å². The Labute approximate surface area is 216 Å². The van der Waals surface area contributed by atoms with Gasteiger partial charge in [0.1, 0.15) is 16.9 Å². The lowest BCUT2D eigenvalue weighted by atomic mass is 10.1. The van der Waals surface area contributed by atoms with E-state index in [1.165, 1.54) is 67.7 Å². The summed E-state index contributed by atoms with van der Waals surface area (Å²) >= 11 is 6.28. The summed E-state index contributed by atoms with van der Waals surface area (Å²) in [4.78, 5) is 29.4. The first-order valence-electron chi connectivity index (χ1n) is 12.4. The summed E-state index contributed by atoms with van der Waals surface area (Å²) in [5.74, 6) is -0.0566. The average molecular weight is 516 g/mol. The van der Waals surface area contributed by atoms with Gasteiger partial charge in [0.2, 0.25) is 11.7 Å². The number of halogens is 2. The molecule has 7 rings (SSSR count). The summed E-state index contributed by atoms with van der Waals surface area (Å²) < 4.78 is 17.5. The number of benzene rings is 2. The molecule has 0 amide bonds. The molecular weight excluding hydrogens is 493 g/mol. The normalized spacial score (nSPS) is 17.6. The molecule has 37 heavy (non-hydrogen) atoms. The largest absolute Gasteiger partial charge is 0.324 e. The minimum Gasteiger partial charge on any atom is -0.324 e. The van der Waals surface area contributed by atoms with Gasteiger partial charge >= 0.3 is 0 Å².